The lowest BCUT2D eigenvalue weighted by molar-refractivity contribution is 0.0224. The molecule has 0 aliphatic carbocycles. The molecule has 2 fully saturated rings. The zero-order valence-electron chi connectivity index (χ0n) is 17.8. The summed E-state index contributed by atoms with van der Waals surface area (Å²) in [6, 6.07) is 15.1. The number of nitrogens with zero attached hydrogens (tertiary/aromatic N) is 2. The van der Waals surface area contributed by atoms with Crippen LogP contribution < -0.4 is 15.5 Å². The highest BCUT2D eigenvalue weighted by molar-refractivity contribution is 5.80. The molecular weight excluding hydrogens is 376 g/mol. The van der Waals surface area contributed by atoms with Crippen molar-refractivity contribution >= 4 is 11.6 Å². The summed E-state index contributed by atoms with van der Waals surface area (Å²) >= 11 is 0. The lowest BCUT2D eigenvalue weighted by atomic mass is 10.0. The molecule has 4 rings (SSSR count). The molecule has 0 bridgehead atoms. The summed E-state index contributed by atoms with van der Waals surface area (Å²) in [5, 5.41) is 7.17. The van der Waals surface area contributed by atoms with Crippen molar-refractivity contribution < 1.29 is 9.15 Å². The predicted molar refractivity (Wildman–Crippen MR) is 121 cm³/mol. The third kappa shape index (κ3) is 6.26. The Morgan fingerprint density at radius 3 is 2.63 bits per heavy atom. The maximum Gasteiger partial charge on any atom is 0.191 e. The molecule has 162 valence electrons. The van der Waals surface area contributed by atoms with Crippen LogP contribution in [0.15, 0.2) is 58.1 Å². The van der Waals surface area contributed by atoms with Crippen molar-refractivity contribution in [2.24, 2.45) is 4.99 Å². The highest BCUT2D eigenvalue weighted by Crippen LogP contribution is 2.19. The Kier molecular flexibility index (Phi) is 7.67. The second-order valence-electron chi connectivity index (χ2n) is 8.18. The van der Waals surface area contributed by atoms with Crippen LogP contribution in [0.3, 0.4) is 0 Å². The average Bonchev–Trinajstić information content (AvgIpc) is 3.33. The van der Waals surface area contributed by atoms with Crippen molar-refractivity contribution in [2.75, 3.05) is 37.7 Å². The van der Waals surface area contributed by atoms with Gasteiger partial charge in [-0.3, -0.25) is 4.99 Å². The third-order valence-electron chi connectivity index (χ3n) is 5.93. The van der Waals surface area contributed by atoms with Gasteiger partial charge in [0.25, 0.3) is 0 Å². The summed E-state index contributed by atoms with van der Waals surface area (Å²) < 4.78 is 11.3. The Balaban J connectivity index is 1.29. The predicted octanol–water partition coefficient (Wildman–Crippen LogP) is 3.60. The number of furan rings is 1. The minimum Gasteiger partial charge on any atom is -0.469 e. The van der Waals surface area contributed by atoms with Gasteiger partial charge in [-0.1, -0.05) is 18.2 Å². The number of aliphatic imine (C=N–C) groups is 1. The number of para-hydroxylation sites is 1. The summed E-state index contributed by atoms with van der Waals surface area (Å²) in [5.74, 6) is 1.89. The van der Waals surface area contributed by atoms with Gasteiger partial charge in [0, 0.05) is 44.4 Å². The standard InChI is InChI=1S/C24H34N4O2/c1-2-7-21(8-3-1)28-15-12-20(13-16-28)27-24(25-14-11-22-10-6-18-29-22)26-19-23-9-4-5-17-30-23/h1-3,6-8,10,18,20,23H,4-5,9,11-17,19H2,(H2,25,26,27). The van der Waals surface area contributed by atoms with Crippen LogP contribution in [0, 0.1) is 0 Å². The molecule has 0 spiro atoms. The summed E-state index contributed by atoms with van der Waals surface area (Å²) in [4.78, 5) is 7.33. The molecule has 0 amide bonds. The number of hydrogen-bond acceptors (Lipinski definition) is 4. The Hall–Kier alpha value is -2.47. The molecule has 3 heterocycles. The fourth-order valence-corrected chi connectivity index (χ4v) is 4.17. The van der Waals surface area contributed by atoms with Crippen LogP contribution in [0.2, 0.25) is 0 Å². The van der Waals surface area contributed by atoms with Crippen molar-refractivity contribution in [3.63, 3.8) is 0 Å². The fraction of sp³-hybridized carbons (Fsp3) is 0.542. The second-order valence-corrected chi connectivity index (χ2v) is 8.18. The lowest BCUT2D eigenvalue weighted by Gasteiger charge is -2.34. The first-order valence-corrected chi connectivity index (χ1v) is 11.4. The lowest BCUT2D eigenvalue weighted by Crippen LogP contribution is -2.49. The van der Waals surface area contributed by atoms with Crippen LogP contribution in [0.5, 0.6) is 0 Å². The zero-order valence-corrected chi connectivity index (χ0v) is 17.8. The highest BCUT2D eigenvalue weighted by atomic mass is 16.5. The van der Waals surface area contributed by atoms with Crippen molar-refractivity contribution in [3.05, 3.63) is 54.5 Å². The van der Waals surface area contributed by atoms with Crippen LogP contribution in [0.25, 0.3) is 0 Å². The van der Waals surface area contributed by atoms with Gasteiger partial charge in [0.2, 0.25) is 0 Å². The van der Waals surface area contributed by atoms with Crippen molar-refractivity contribution in [1.29, 1.82) is 0 Å². The van der Waals surface area contributed by atoms with E-state index in [0.29, 0.717) is 6.04 Å². The molecule has 30 heavy (non-hydrogen) atoms. The van der Waals surface area contributed by atoms with Crippen molar-refractivity contribution in [3.8, 4) is 0 Å². The van der Waals surface area contributed by atoms with Crippen LogP contribution in [-0.4, -0.2) is 50.9 Å². The van der Waals surface area contributed by atoms with Gasteiger partial charge in [-0.25, -0.2) is 0 Å². The molecule has 1 aromatic heterocycles. The fourth-order valence-electron chi connectivity index (χ4n) is 4.17. The molecule has 1 atom stereocenters. The molecule has 2 N–H and O–H groups in total. The van der Waals surface area contributed by atoms with Gasteiger partial charge in [-0.2, -0.15) is 0 Å². The van der Waals surface area contributed by atoms with E-state index in [1.54, 1.807) is 6.26 Å². The number of anilines is 1. The SMILES string of the molecule is c1ccc(N2CCC(NC(=NCC3CCCCO3)NCCc3ccco3)CC2)cc1. The van der Waals surface area contributed by atoms with Gasteiger partial charge >= 0.3 is 0 Å². The molecule has 6 heteroatoms. The molecule has 0 radical (unpaired) electrons. The normalized spacial score (nSPS) is 20.9. The average molecular weight is 411 g/mol. The second kappa shape index (κ2) is 11.1. The number of ether oxygens (including phenoxy) is 1. The molecule has 2 aliphatic rings. The number of piperidine rings is 1. The Bertz CT molecular complexity index is 749. The molecule has 2 aliphatic heterocycles. The van der Waals surface area contributed by atoms with E-state index >= 15 is 0 Å². The monoisotopic (exact) mass is 410 g/mol. The van der Waals surface area contributed by atoms with Gasteiger partial charge in [0.05, 0.1) is 18.9 Å². The summed E-state index contributed by atoms with van der Waals surface area (Å²) in [6.07, 6.45) is 8.56. The van der Waals surface area contributed by atoms with Crippen LogP contribution in [0.4, 0.5) is 5.69 Å². The Morgan fingerprint density at radius 1 is 1.03 bits per heavy atom. The van der Waals surface area contributed by atoms with E-state index in [1.807, 2.05) is 12.1 Å². The first-order chi connectivity index (χ1) is 14.9. The molecular formula is C24H34N4O2. The van der Waals surface area contributed by atoms with E-state index in [1.165, 1.54) is 18.5 Å². The Labute approximate surface area is 179 Å². The number of guanidine groups is 1. The van der Waals surface area contributed by atoms with Crippen molar-refractivity contribution in [2.45, 2.75) is 50.7 Å². The van der Waals surface area contributed by atoms with Crippen molar-refractivity contribution in [1.82, 2.24) is 10.6 Å². The Morgan fingerprint density at radius 2 is 1.90 bits per heavy atom. The molecule has 2 aromatic rings. The van der Waals surface area contributed by atoms with Crippen LogP contribution in [-0.2, 0) is 11.2 Å². The topological polar surface area (TPSA) is 62.0 Å². The van der Waals surface area contributed by atoms with Gasteiger partial charge in [0.1, 0.15) is 5.76 Å². The van der Waals surface area contributed by atoms with Gasteiger partial charge in [-0.05, 0) is 56.4 Å². The maximum absolute atomic E-state index is 5.86. The summed E-state index contributed by atoms with van der Waals surface area (Å²) in [7, 11) is 0. The minimum atomic E-state index is 0.252. The molecule has 6 nitrogen and oxygen atoms in total. The van der Waals surface area contributed by atoms with E-state index in [2.05, 4.69) is 45.9 Å². The minimum absolute atomic E-state index is 0.252. The van der Waals surface area contributed by atoms with E-state index in [-0.39, 0.29) is 6.10 Å². The first-order valence-electron chi connectivity index (χ1n) is 11.4. The van der Waals surface area contributed by atoms with Crippen LogP contribution >= 0.6 is 0 Å². The molecule has 1 unspecified atom stereocenters. The van der Waals surface area contributed by atoms with Gasteiger partial charge in [-0.15, -0.1) is 0 Å². The largest absolute Gasteiger partial charge is 0.469 e. The summed E-state index contributed by atoms with van der Waals surface area (Å²) in [5.41, 5.74) is 1.32. The smallest absolute Gasteiger partial charge is 0.191 e. The zero-order chi connectivity index (χ0) is 20.4. The third-order valence-corrected chi connectivity index (χ3v) is 5.93. The molecule has 2 saturated heterocycles. The van der Waals surface area contributed by atoms with E-state index in [0.717, 1.165) is 70.2 Å². The number of nitrogens with one attached hydrogen (secondary N) is 2. The highest BCUT2D eigenvalue weighted by Gasteiger charge is 2.21. The maximum atomic E-state index is 5.86. The number of rotatable bonds is 7. The molecule has 0 saturated carbocycles. The first kappa shape index (κ1) is 20.8. The van der Waals surface area contributed by atoms with Crippen LogP contribution in [0.1, 0.15) is 37.9 Å². The van der Waals surface area contributed by atoms with E-state index in [4.69, 9.17) is 14.1 Å². The summed E-state index contributed by atoms with van der Waals surface area (Å²) in [6.45, 7) is 4.51. The van der Waals surface area contributed by atoms with E-state index in [9.17, 15) is 0 Å². The number of benzene rings is 1. The number of hydrogen-bond donors (Lipinski definition) is 2. The molecule has 1 aromatic carbocycles. The van der Waals surface area contributed by atoms with E-state index < -0.39 is 0 Å². The quantitative estimate of drug-likeness (QED) is 0.540. The van der Waals surface area contributed by atoms with Gasteiger partial charge in [0.15, 0.2) is 5.96 Å². The van der Waals surface area contributed by atoms with Gasteiger partial charge < -0.3 is 24.7 Å².